The maximum atomic E-state index is 5.14. The van der Waals surface area contributed by atoms with Crippen LogP contribution in [0.5, 0.6) is 0 Å². The predicted octanol–water partition coefficient (Wildman–Crippen LogP) is 2.94. The standard InChI is InChI=1S/C6H12.C4H11N/c1-6-4-2-3-5-6;1-2-3-4-5/h6H,2-5H2,1H3;2-5H2,1H3. The molecule has 1 rings (SSSR count). The molecule has 0 heterocycles. The number of hydrogen-bond acceptors (Lipinski definition) is 1. The lowest BCUT2D eigenvalue weighted by molar-refractivity contribution is 0.612. The Balaban J connectivity index is 0.000000187. The van der Waals surface area contributed by atoms with Crippen LogP contribution in [0.15, 0.2) is 0 Å². The second-order valence-electron chi connectivity index (χ2n) is 3.53. The summed E-state index contributed by atoms with van der Waals surface area (Å²) in [7, 11) is 0. The second-order valence-corrected chi connectivity index (χ2v) is 3.53. The van der Waals surface area contributed by atoms with Crippen molar-refractivity contribution in [2.24, 2.45) is 11.7 Å². The van der Waals surface area contributed by atoms with Crippen LogP contribution in [0.2, 0.25) is 0 Å². The maximum Gasteiger partial charge on any atom is -0.00774 e. The van der Waals surface area contributed by atoms with E-state index in [1.807, 2.05) is 0 Å². The maximum absolute atomic E-state index is 5.14. The van der Waals surface area contributed by atoms with E-state index in [4.69, 9.17) is 5.73 Å². The van der Waals surface area contributed by atoms with E-state index in [1.165, 1.54) is 38.5 Å². The summed E-state index contributed by atoms with van der Waals surface area (Å²) in [6.45, 7) is 5.32. The topological polar surface area (TPSA) is 26.0 Å². The zero-order valence-corrected chi connectivity index (χ0v) is 8.10. The molecule has 1 aliphatic carbocycles. The van der Waals surface area contributed by atoms with Crippen molar-refractivity contribution >= 4 is 0 Å². The van der Waals surface area contributed by atoms with E-state index in [0.29, 0.717) is 0 Å². The molecule has 1 aliphatic rings. The van der Waals surface area contributed by atoms with Gasteiger partial charge in [-0.05, 0) is 18.9 Å². The molecule has 0 amide bonds. The molecule has 1 heteroatoms. The summed E-state index contributed by atoms with van der Waals surface area (Å²) in [5.41, 5.74) is 5.14. The molecule has 0 saturated heterocycles. The molecule has 0 unspecified atom stereocenters. The minimum atomic E-state index is 0.844. The molecule has 0 aromatic rings. The minimum absolute atomic E-state index is 0.844. The highest BCUT2D eigenvalue weighted by Crippen LogP contribution is 2.22. The lowest BCUT2D eigenvalue weighted by Gasteiger charge is -1.91. The van der Waals surface area contributed by atoms with Gasteiger partial charge in [0.1, 0.15) is 0 Å². The third kappa shape index (κ3) is 7.86. The number of rotatable bonds is 2. The molecule has 11 heavy (non-hydrogen) atoms. The van der Waals surface area contributed by atoms with Crippen LogP contribution in [0.4, 0.5) is 0 Å². The SMILES string of the molecule is CC1CCCC1.CCCCN. The zero-order chi connectivity index (χ0) is 8.53. The molecule has 2 N–H and O–H groups in total. The quantitative estimate of drug-likeness (QED) is 0.655. The summed E-state index contributed by atoms with van der Waals surface area (Å²) in [6.07, 6.45) is 8.33. The van der Waals surface area contributed by atoms with Gasteiger partial charge in [-0.3, -0.25) is 0 Å². The lowest BCUT2D eigenvalue weighted by Crippen LogP contribution is -1.95. The molecule has 68 valence electrons. The van der Waals surface area contributed by atoms with Gasteiger partial charge < -0.3 is 5.73 Å². The van der Waals surface area contributed by atoms with Crippen molar-refractivity contribution in [2.45, 2.75) is 52.4 Å². The van der Waals surface area contributed by atoms with Crippen LogP contribution in [-0.4, -0.2) is 6.54 Å². The zero-order valence-electron chi connectivity index (χ0n) is 8.10. The van der Waals surface area contributed by atoms with Crippen LogP contribution in [0.25, 0.3) is 0 Å². The number of unbranched alkanes of at least 4 members (excludes halogenated alkanes) is 1. The van der Waals surface area contributed by atoms with Crippen molar-refractivity contribution in [3.05, 3.63) is 0 Å². The monoisotopic (exact) mass is 157 g/mol. The first-order valence-electron chi connectivity index (χ1n) is 5.01. The first-order chi connectivity index (χ1) is 5.31. The summed E-state index contributed by atoms with van der Waals surface area (Å²) in [5.74, 6) is 1.05. The van der Waals surface area contributed by atoms with Gasteiger partial charge >= 0.3 is 0 Å². The molecule has 1 fully saturated rings. The van der Waals surface area contributed by atoms with Gasteiger partial charge in [0.2, 0.25) is 0 Å². The summed E-state index contributed by atoms with van der Waals surface area (Å²) in [4.78, 5) is 0. The van der Waals surface area contributed by atoms with Gasteiger partial charge in [-0.25, -0.2) is 0 Å². The van der Waals surface area contributed by atoms with Crippen molar-refractivity contribution in [3.63, 3.8) is 0 Å². The molecule has 0 radical (unpaired) electrons. The largest absolute Gasteiger partial charge is 0.330 e. The molecule has 1 nitrogen and oxygen atoms in total. The van der Waals surface area contributed by atoms with Gasteiger partial charge in [0, 0.05) is 0 Å². The van der Waals surface area contributed by atoms with Crippen LogP contribution < -0.4 is 5.73 Å². The van der Waals surface area contributed by atoms with Crippen molar-refractivity contribution in [2.75, 3.05) is 6.54 Å². The van der Waals surface area contributed by atoms with Gasteiger partial charge in [-0.1, -0.05) is 46.0 Å². The molecule has 0 atom stereocenters. The molecule has 0 bridgehead atoms. The lowest BCUT2D eigenvalue weighted by atomic mass is 10.2. The second kappa shape index (κ2) is 8.06. The average molecular weight is 157 g/mol. The first-order valence-corrected chi connectivity index (χ1v) is 5.01. The number of hydrogen-bond donors (Lipinski definition) is 1. The summed E-state index contributed by atoms with van der Waals surface area (Å²) >= 11 is 0. The molecule has 0 aromatic heterocycles. The molecule has 0 aromatic carbocycles. The molecule has 0 spiro atoms. The Morgan fingerprint density at radius 3 is 1.91 bits per heavy atom. The smallest absolute Gasteiger partial charge is 0.00774 e. The normalized spacial score (nSPS) is 17.7. The van der Waals surface area contributed by atoms with Crippen LogP contribution in [0.1, 0.15) is 52.4 Å². The fourth-order valence-corrected chi connectivity index (χ4v) is 1.33. The highest BCUT2D eigenvalue weighted by Gasteiger charge is 2.07. The highest BCUT2D eigenvalue weighted by molar-refractivity contribution is 4.60. The van der Waals surface area contributed by atoms with Gasteiger partial charge in [-0.15, -0.1) is 0 Å². The van der Waals surface area contributed by atoms with Crippen LogP contribution in [0.3, 0.4) is 0 Å². The third-order valence-electron chi connectivity index (χ3n) is 2.20. The first kappa shape index (κ1) is 11.0. The summed E-state index contributed by atoms with van der Waals surface area (Å²) in [5, 5.41) is 0. The van der Waals surface area contributed by atoms with Gasteiger partial charge in [0.05, 0.1) is 0 Å². The van der Waals surface area contributed by atoms with E-state index in [-0.39, 0.29) is 0 Å². The van der Waals surface area contributed by atoms with E-state index in [9.17, 15) is 0 Å². The minimum Gasteiger partial charge on any atom is -0.330 e. The van der Waals surface area contributed by atoms with Crippen molar-refractivity contribution in [1.82, 2.24) is 0 Å². The van der Waals surface area contributed by atoms with E-state index in [2.05, 4.69) is 13.8 Å². The van der Waals surface area contributed by atoms with Gasteiger partial charge in [-0.2, -0.15) is 0 Å². The van der Waals surface area contributed by atoms with Gasteiger partial charge in [0.15, 0.2) is 0 Å². The fourth-order valence-electron chi connectivity index (χ4n) is 1.33. The molecular formula is C10H23N. The Morgan fingerprint density at radius 1 is 1.27 bits per heavy atom. The van der Waals surface area contributed by atoms with E-state index in [0.717, 1.165) is 12.5 Å². The van der Waals surface area contributed by atoms with Crippen LogP contribution in [0, 0.1) is 5.92 Å². The Labute approximate surface area is 71.4 Å². The predicted molar refractivity (Wildman–Crippen MR) is 51.6 cm³/mol. The van der Waals surface area contributed by atoms with E-state index in [1.54, 1.807) is 0 Å². The van der Waals surface area contributed by atoms with E-state index >= 15 is 0 Å². The summed E-state index contributed by atoms with van der Waals surface area (Å²) in [6, 6.07) is 0. The number of nitrogens with two attached hydrogens (primary N) is 1. The molecular weight excluding hydrogens is 134 g/mol. The Bertz CT molecular complexity index is 63.3. The van der Waals surface area contributed by atoms with Crippen LogP contribution in [-0.2, 0) is 0 Å². The fraction of sp³-hybridized carbons (Fsp3) is 1.00. The molecule has 0 aliphatic heterocycles. The van der Waals surface area contributed by atoms with E-state index < -0.39 is 0 Å². The third-order valence-corrected chi connectivity index (χ3v) is 2.20. The van der Waals surface area contributed by atoms with Crippen molar-refractivity contribution in [1.29, 1.82) is 0 Å². The average Bonchev–Trinajstić information content (AvgIpc) is 2.43. The Morgan fingerprint density at radius 2 is 1.82 bits per heavy atom. The highest BCUT2D eigenvalue weighted by atomic mass is 14.5. The molecule has 1 saturated carbocycles. The van der Waals surface area contributed by atoms with Crippen molar-refractivity contribution < 1.29 is 0 Å². The van der Waals surface area contributed by atoms with Crippen molar-refractivity contribution in [3.8, 4) is 0 Å². The Kier molecular flexibility index (Phi) is 8.03. The Hall–Kier alpha value is -0.0400. The van der Waals surface area contributed by atoms with Gasteiger partial charge in [0.25, 0.3) is 0 Å². The van der Waals surface area contributed by atoms with Crippen LogP contribution >= 0.6 is 0 Å². The summed E-state index contributed by atoms with van der Waals surface area (Å²) < 4.78 is 0.